The van der Waals surface area contributed by atoms with E-state index in [4.69, 9.17) is 9.84 Å². The first-order valence-electron chi connectivity index (χ1n) is 4.99. The van der Waals surface area contributed by atoms with E-state index in [1.54, 1.807) is 19.2 Å². The average molecular weight is 222 g/mol. The van der Waals surface area contributed by atoms with E-state index in [2.05, 4.69) is 0 Å². The molecule has 16 heavy (non-hydrogen) atoms. The molecule has 0 unspecified atom stereocenters. The Morgan fingerprint density at radius 1 is 1.25 bits per heavy atom. The van der Waals surface area contributed by atoms with E-state index in [9.17, 15) is 9.59 Å². The predicted molar refractivity (Wildman–Crippen MR) is 58.6 cm³/mol. The first-order valence-corrected chi connectivity index (χ1v) is 4.99. The highest BCUT2D eigenvalue weighted by Gasteiger charge is 2.09. The van der Waals surface area contributed by atoms with Gasteiger partial charge in [0, 0.05) is 18.4 Å². The Labute approximate surface area is 93.9 Å². The second kappa shape index (κ2) is 5.90. The Morgan fingerprint density at radius 3 is 2.56 bits per heavy atom. The minimum atomic E-state index is -0.951. The molecule has 0 aliphatic rings. The van der Waals surface area contributed by atoms with Crippen molar-refractivity contribution in [2.24, 2.45) is 0 Å². The van der Waals surface area contributed by atoms with Crippen LogP contribution in [0.3, 0.4) is 0 Å². The zero-order chi connectivity index (χ0) is 12.0. The highest BCUT2D eigenvalue weighted by molar-refractivity contribution is 5.84. The van der Waals surface area contributed by atoms with E-state index < -0.39 is 5.97 Å². The van der Waals surface area contributed by atoms with E-state index in [0.29, 0.717) is 5.75 Å². The summed E-state index contributed by atoms with van der Waals surface area (Å²) in [6, 6.07) is 7.23. The molecule has 1 N–H and O–H groups in total. The van der Waals surface area contributed by atoms with Crippen molar-refractivity contribution in [2.75, 3.05) is 7.11 Å². The molecular weight excluding hydrogens is 208 g/mol. The molecule has 0 fully saturated rings. The van der Waals surface area contributed by atoms with Crippen LogP contribution in [0.4, 0.5) is 0 Å². The Bertz CT molecular complexity index is 384. The summed E-state index contributed by atoms with van der Waals surface area (Å²) in [5, 5.41) is 8.45. The number of rotatable bonds is 6. The Kier molecular flexibility index (Phi) is 4.51. The van der Waals surface area contributed by atoms with Gasteiger partial charge in [-0.05, 0) is 6.07 Å². The van der Waals surface area contributed by atoms with E-state index in [1.165, 1.54) is 0 Å². The lowest BCUT2D eigenvalue weighted by molar-refractivity contribution is -0.138. The monoisotopic (exact) mass is 222 g/mol. The molecule has 1 rings (SSSR count). The summed E-state index contributed by atoms with van der Waals surface area (Å²) in [6.07, 6.45) is 0.165. The molecule has 1 aromatic carbocycles. The van der Waals surface area contributed by atoms with Gasteiger partial charge in [-0.1, -0.05) is 18.2 Å². The van der Waals surface area contributed by atoms with Gasteiger partial charge in [-0.2, -0.15) is 0 Å². The molecule has 0 aliphatic carbocycles. The number of para-hydroxylation sites is 1. The van der Waals surface area contributed by atoms with Gasteiger partial charge in [0.05, 0.1) is 13.5 Å². The molecule has 0 amide bonds. The molecule has 0 atom stereocenters. The molecule has 4 heteroatoms. The SMILES string of the molecule is COc1ccccc1CC(=O)CCC(=O)O. The molecule has 86 valence electrons. The lowest BCUT2D eigenvalue weighted by atomic mass is 10.0. The van der Waals surface area contributed by atoms with Crippen LogP contribution in [0.2, 0.25) is 0 Å². The molecule has 0 saturated heterocycles. The number of aliphatic carboxylic acids is 1. The molecular formula is C12H14O4. The number of carbonyl (C=O) groups is 2. The fourth-order valence-corrected chi connectivity index (χ4v) is 1.40. The van der Waals surface area contributed by atoms with Crippen molar-refractivity contribution in [2.45, 2.75) is 19.3 Å². The number of ether oxygens (including phenoxy) is 1. The van der Waals surface area contributed by atoms with Crippen LogP contribution in [0.15, 0.2) is 24.3 Å². The van der Waals surface area contributed by atoms with Gasteiger partial charge in [-0.15, -0.1) is 0 Å². The zero-order valence-electron chi connectivity index (χ0n) is 9.10. The van der Waals surface area contributed by atoms with Crippen molar-refractivity contribution in [1.29, 1.82) is 0 Å². The minimum absolute atomic E-state index is 0.0629. The van der Waals surface area contributed by atoms with Crippen LogP contribution in [0.5, 0.6) is 5.75 Å². The molecule has 1 aromatic rings. The predicted octanol–water partition coefficient (Wildman–Crippen LogP) is 1.67. The topological polar surface area (TPSA) is 63.6 Å². The summed E-state index contributed by atoms with van der Waals surface area (Å²) in [7, 11) is 1.54. The second-order valence-electron chi connectivity index (χ2n) is 3.42. The maximum atomic E-state index is 11.5. The molecule has 0 heterocycles. The van der Waals surface area contributed by atoms with Gasteiger partial charge in [-0.3, -0.25) is 9.59 Å². The van der Waals surface area contributed by atoms with Gasteiger partial charge in [0.2, 0.25) is 0 Å². The summed E-state index contributed by atoms with van der Waals surface area (Å²) in [4.78, 5) is 21.8. The lowest BCUT2D eigenvalue weighted by Gasteiger charge is -2.06. The number of ketones is 1. The van der Waals surface area contributed by atoms with Crippen LogP contribution in [-0.2, 0) is 16.0 Å². The van der Waals surface area contributed by atoms with Crippen molar-refractivity contribution < 1.29 is 19.4 Å². The Balaban J connectivity index is 2.58. The molecule has 0 aromatic heterocycles. The molecule has 4 nitrogen and oxygen atoms in total. The maximum absolute atomic E-state index is 11.5. The molecule has 0 radical (unpaired) electrons. The molecule has 0 saturated carbocycles. The summed E-state index contributed by atoms with van der Waals surface area (Å²) in [6.45, 7) is 0. The van der Waals surface area contributed by atoms with Crippen LogP contribution in [0.25, 0.3) is 0 Å². The van der Waals surface area contributed by atoms with Gasteiger partial charge >= 0.3 is 5.97 Å². The first kappa shape index (κ1) is 12.2. The number of methoxy groups -OCH3 is 1. The third-order valence-electron chi connectivity index (χ3n) is 2.20. The van der Waals surface area contributed by atoms with Crippen LogP contribution in [-0.4, -0.2) is 24.0 Å². The number of carboxylic acids is 1. The fourth-order valence-electron chi connectivity index (χ4n) is 1.40. The van der Waals surface area contributed by atoms with E-state index in [-0.39, 0.29) is 25.0 Å². The third-order valence-corrected chi connectivity index (χ3v) is 2.20. The number of Topliss-reactive ketones (excluding diaryl/α,β-unsaturated/α-hetero) is 1. The van der Waals surface area contributed by atoms with Crippen molar-refractivity contribution in [3.63, 3.8) is 0 Å². The number of hydrogen-bond acceptors (Lipinski definition) is 3. The summed E-state index contributed by atoms with van der Waals surface area (Å²) in [5.41, 5.74) is 0.792. The van der Waals surface area contributed by atoms with E-state index in [0.717, 1.165) is 5.56 Å². The van der Waals surface area contributed by atoms with Crippen molar-refractivity contribution in [3.05, 3.63) is 29.8 Å². The number of benzene rings is 1. The molecule has 0 bridgehead atoms. The quantitative estimate of drug-likeness (QED) is 0.795. The zero-order valence-corrected chi connectivity index (χ0v) is 9.10. The number of hydrogen-bond donors (Lipinski definition) is 1. The Hall–Kier alpha value is -1.84. The van der Waals surface area contributed by atoms with Crippen molar-refractivity contribution in [3.8, 4) is 5.75 Å². The fraction of sp³-hybridized carbons (Fsp3) is 0.333. The van der Waals surface area contributed by atoms with Gasteiger partial charge in [0.25, 0.3) is 0 Å². The normalized spacial score (nSPS) is 9.81. The van der Waals surface area contributed by atoms with Gasteiger partial charge < -0.3 is 9.84 Å². The highest BCUT2D eigenvalue weighted by Crippen LogP contribution is 2.18. The lowest BCUT2D eigenvalue weighted by Crippen LogP contribution is -2.07. The first-order chi connectivity index (χ1) is 7.63. The van der Waals surface area contributed by atoms with Crippen LogP contribution in [0.1, 0.15) is 18.4 Å². The molecule has 0 aliphatic heterocycles. The summed E-state index contributed by atoms with van der Waals surface area (Å²) < 4.78 is 5.10. The maximum Gasteiger partial charge on any atom is 0.303 e. The summed E-state index contributed by atoms with van der Waals surface area (Å²) in [5.74, 6) is -0.383. The van der Waals surface area contributed by atoms with Gasteiger partial charge in [0.1, 0.15) is 11.5 Å². The second-order valence-corrected chi connectivity index (χ2v) is 3.42. The van der Waals surface area contributed by atoms with Crippen molar-refractivity contribution in [1.82, 2.24) is 0 Å². The average Bonchev–Trinajstić information content (AvgIpc) is 2.27. The van der Waals surface area contributed by atoms with Crippen LogP contribution < -0.4 is 4.74 Å². The minimum Gasteiger partial charge on any atom is -0.496 e. The summed E-state index contributed by atoms with van der Waals surface area (Å²) >= 11 is 0. The Morgan fingerprint density at radius 2 is 1.94 bits per heavy atom. The van der Waals surface area contributed by atoms with E-state index >= 15 is 0 Å². The van der Waals surface area contributed by atoms with E-state index in [1.807, 2.05) is 12.1 Å². The number of carboxylic acid groups (broad SMARTS) is 1. The van der Waals surface area contributed by atoms with Crippen molar-refractivity contribution >= 4 is 11.8 Å². The number of carbonyl (C=O) groups excluding carboxylic acids is 1. The standard InChI is InChI=1S/C12H14O4/c1-16-11-5-3-2-4-9(11)8-10(13)6-7-12(14)15/h2-5H,6-8H2,1H3,(H,14,15). The largest absolute Gasteiger partial charge is 0.496 e. The van der Waals surface area contributed by atoms with Crippen LogP contribution >= 0.6 is 0 Å². The molecule has 0 spiro atoms. The van der Waals surface area contributed by atoms with Crippen LogP contribution in [0, 0.1) is 0 Å². The third kappa shape index (κ3) is 3.73. The smallest absolute Gasteiger partial charge is 0.303 e. The van der Waals surface area contributed by atoms with Gasteiger partial charge in [-0.25, -0.2) is 0 Å². The van der Waals surface area contributed by atoms with Gasteiger partial charge in [0.15, 0.2) is 0 Å². The highest BCUT2D eigenvalue weighted by atomic mass is 16.5.